The summed E-state index contributed by atoms with van der Waals surface area (Å²) in [7, 11) is 0. The fourth-order valence-corrected chi connectivity index (χ4v) is 4.20. The lowest BCUT2D eigenvalue weighted by Gasteiger charge is -2.21. The molecule has 0 saturated heterocycles. The number of fused-ring (bicyclic) bond motifs is 1. The Morgan fingerprint density at radius 1 is 1.33 bits per heavy atom. The molecule has 2 nitrogen and oxygen atoms in total. The summed E-state index contributed by atoms with van der Waals surface area (Å²) in [6.07, 6.45) is 4.92. The summed E-state index contributed by atoms with van der Waals surface area (Å²) < 4.78 is 0. The highest BCUT2D eigenvalue weighted by Crippen LogP contribution is 2.38. The van der Waals surface area contributed by atoms with Crippen molar-refractivity contribution in [2.75, 3.05) is 13.1 Å². The largest absolute Gasteiger partial charge is 0.316 e. The van der Waals surface area contributed by atoms with Crippen molar-refractivity contribution in [3.8, 4) is 10.6 Å². The van der Waals surface area contributed by atoms with Gasteiger partial charge in [0.15, 0.2) is 0 Å². The van der Waals surface area contributed by atoms with Crippen molar-refractivity contribution in [1.82, 2.24) is 10.3 Å². The van der Waals surface area contributed by atoms with Crippen LogP contribution in [0.15, 0.2) is 24.3 Å². The predicted molar refractivity (Wildman–Crippen MR) is 91.4 cm³/mol. The molecule has 4 heteroatoms. The number of hydrogen-bond acceptors (Lipinski definition) is 3. The lowest BCUT2D eigenvalue weighted by Crippen LogP contribution is -2.24. The van der Waals surface area contributed by atoms with Gasteiger partial charge in [-0.3, -0.25) is 0 Å². The van der Waals surface area contributed by atoms with E-state index in [-0.39, 0.29) is 0 Å². The molecule has 0 spiro atoms. The Balaban J connectivity index is 1.82. The number of rotatable bonds is 5. The van der Waals surface area contributed by atoms with Gasteiger partial charge in [0.25, 0.3) is 0 Å². The fourth-order valence-electron chi connectivity index (χ4n) is 2.88. The molecule has 21 heavy (non-hydrogen) atoms. The van der Waals surface area contributed by atoms with Crippen LogP contribution in [0.5, 0.6) is 0 Å². The van der Waals surface area contributed by atoms with Crippen LogP contribution in [0.3, 0.4) is 0 Å². The van der Waals surface area contributed by atoms with Gasteiger partial charge in [0, 0.05) is 27.9 Å². The molecule has 1 aliphatic rings. The molecule has 1 heterocycles. The van der Waals surface area contributed by atoms with Crippen molar-refractivity contribution in [3.63, 3.8) is 0 Å². The standard InChI is InChI=1S/C17H21ClN2S/c1-2-10-19-11-13-4-3-5-15-16(13)20-17(21-15)12-6-8-14(18)9-7-12/h6-9,13,19H,2-5,10-11H2,1H3. The van der Waals surface area contributed by atoms with Crippen LogP contribution in [0.4, 0.5) is 0 Å². The number of thiazole rings is 1. The SMILES string of the molecule is CCCNCC1CCCc2sc(-c3ccc(Cl)cc3)nc21. The lowest BCUT2D eigenvalue weighted by molar-refractivity contribution is 0.502. The maximum absolute atomic E-state index is 5.97. The highest BCUT2D eigenvalue weighted by molar-refractivity contribution is 7.15. The number of hydrogen-bond donors (Lipinski definition) is 1. The smallest absolute Gasteiger partial charge is 0.123 e. The van der Waals surface area contributed by atoms with E-state index in [0.29, 0.717) is 5.92 Å². The molecular weight excluding hydrogens is 300 g/mol. The molecule has 0 bridgehead atoms. The van der Waals surface area contributed by atoms with Crippen LogP contribution in [-0.4, -0.2) is 18.1 Å². The summed E-state index contributed by atoms with van der Waals surface area (Å²) in [5.74, 6) is 0.581. The zero-order valence-electron chi connectivity index (χ0n) is 12.4. The first kappa shape index (κ1) is 15.0. The second kappa shape index (κ2) is 6.91. The molecule has 1 aromatic heterocycles. The maximum Gasteiger partial charge on any atom is 0.123 e. The molecule has 1 atom stereocenters. The zero-order valence-corrected chi connectivity index (χ0v) is 13.9. The Labute approximate surface area is 135 Å². The molecule has 0 fully saturated rings. The second-order valence-corrected chi connectivity index (χ2v) is 7.15. The fraction of sp³-hybridized carbons (Fsp3) is 0.471. The Bertz CT molecular complexity index is 591. The first-order valence-electron chi connectivity index (χ1n) is 7.74. The van der Waals surface area contributed by atoms with Gasteiger partial charge in [-0.25, -0.2) is 4.98 Å². The van der Waals surface area contributed by atoms with Gasteiger partial charge in [-0.1, -0.05) is 30.7 Å². The number of halogens is 1. The summed E-state index contributed by atoms with van der Waals surface area (Å²) in [6.45, 7) is 4.37. The van der Waals surface area contributed by atoms with Gasteiger partial charge in [-0.05, 0) is 44.4 Å². The van der Waals surface area contributed by atoms with Gasteiger partial charge in [0.05, 0.1) is 5.69 Å². The molecule has 1 unspecified atom stereocenters. The minimum Gasteiger partial charge on any atom is -0.316 e. The molecule has 1 N–H and O–H groups in total. The van der Waals surface area contributed by atoms with E-state index in [1.54, 1.807) is 0 Å². The van der Waals surface area contributed by atoms with E-state index in [1.807, 2.05) is 23.5 Å². The summed E-state index contributed by atoms with van der Waals surface area (Å²) >= 11 is 7.82. The molecule has 0 aliphatic heterocycles. The van der Waals surface area contributed by atoms with Crippen LogP contribution in [0.1, 0.15) is 42.7 Å². The van der Waals surface area contributed by atoms with Crippen LogP contribution in [0.25, 0.3) is 10.6 Å². The van der Waals surface area contributed by atoms with Crippen molar-refractivity contribution >= 4 is 22.9 Å². The molecule has 1 aromatic carbocycles. The third-order valence-corrected chi connectivity index (χ3v) is 5.41. The summed E-state index contributed by atoms with van der Waals surface area (Å²) in [5.41, 5.74) is 2.51. The Morgan fingerprint density at radius 2 is 2.14 bits per heavy atom. The molecule has 0 saturated carbocycles. The van der Waals surface area contributed by atoms with Gasteiger partial charge in [0.1, 0.15) is 5.01 Å². The van der Waals surface area contributed by atoms with Crippen LogP contribution in [-0.2, 0) is 6.42 Å². The van der Waals surface area contributed by atoms with Gasteiger partial charge in [0.2, 0.25) is 0 Å². The van der Waals surface area contributed by atoms with E-state index >= 15 is 0 Å². The predicted octanol–water partition coefficient (Wildman–Crippen LogP) is 4.88. The average molecular weight is 321 g/mol. The van der Waals surface area contributed by atoms with Crippen molar-refractivity contribution in [2.45, 2.75) is 38.5 Å². The van der Waals surface area contributed by atoms with E-state index in [0.717, 1.165) is 23.1 Å². The van der Waals surface area contributed by atoms with Crippen LogP contribution in [0.2, 0.25) is 5.02 Å². The second-order valence-electron chi connectivity index (χ2n) is 5.63. The number of aromatic nitrogens is 1. The Kier molecular flexibility index (Phi) is 4.94. The van der Waals surface area contributed by atoms with Crippen molar-refractivity contribution in [3.05, 3.63) is 39.9 Å². The summed E-state index contributed by atoms with van der Waals surface area (Å²) in [5, 5.41) is 5.47. The van der Waals surface area contributed by atoms with Crippen LogP contribution < -0.4 is 5.32 Å². The topological polar surface area (TPSA) is 24.9 Å². The van der Waals surface area contributed by atoms with E-state index < -0.39 is 0 Å². The number of benzene rings is 1. The van der Waals surface area contributed by atoms with Gasteiger partial charge < -0.3 is 5.32 Å². The Hall–Kier alpha value is -0.900. The molecule has 1 aliphatic carbocycles. The molecule has 0 amide bonds. The Morgan fingerprint density at radius 3 is 2.90 bits per heavy atom. The molecular formula is C17H21ClN2S. The van der Waals surface area contributed by atoms with Crippen LogP contribution >= 0.6 is 22.9 Å². The summed E-state index contributed by atoms with van der Waals surface area (Å²) in [6, 6.07) is 8.02. The molecule has 3 rings (SSSR count). The third kappa shape index (κ3) is 3.47. The number of nitrogens with one attached hydrogen (secondary N) is 1. The average Bonchev–Trinajstić information content (AvgIpc) is 2.93. The third-order valence-electron chi connectivity index (χ3n) is 3.98. The molecule has 0 radical (unpaired) electrons. The first-order chi connectivity index (χ1) is 10.3. The minimum absolute atomic E-state index is 0.581. The van der Waals surface area contributed by atoms with Crippen LogP contribution in [0, 0.1) is 0 Å². The lowest BCUT2D eigenvalue weighted by atomic mass is 9.91. The summed E-state index contributed by atoms with van der Waals surface area (Å²) in [4.78, 5) is 6.43. The highest BCUT2D eigenvalue weighted by atomic mass is 35.5. The van der Waals surface area contributed by atoms with E-state index in [4.69, 9.17) is 16.6 Å². The van der Waals surface area contributed by atoms with E-state index in [9.17, 15) is 0 Å². The van der Waals surface area contributed by atoms with Gasteiger partial charge in [-0.15, -0.1) is 11.3 Å². The van der Waals surface area contributed by atoms with Crippen molar-refractivity contribution in [2.24, 2.45) is 0 Å². The van der Waals surface area contributed by atoms with Crippen molar-refractivity contribution < 1.29 is 0 Å². The number of aryl methyl sites for hydroxylation is 1. The highest BCUT2D eigenvalue weighted by Gasteiger charge is 2.24. The monoisotopic (exact) mass is 320 g/mol. The zero-order chi connectivity index (χ0) is 14.7. The quantitative estimate of drug-likeness (QED) is 0.794. The van der Waals surface area contributed by atoms with E-state index in [2.05, 4.69) is 24.4 Å². The van der Waals surface area contributed by atoms with E-state index in [1.165, 1.54) is 41.8 Å². The number of nitrogens with zero attached hydrogens (tertiary/aromatic N) is 1. The normalized spacial score (nSPS) is 17.7. The van der Waals surface area contributed by atoms with Gasteiger partial charge >= 0.3 is 0 Å². The minimum atomic E-state index is 0.581. The van der Waals surface area contributed by atoms with Crippen molar-refractivity contribution in [1.29, 1.82) is 0 Å². The first-order valence-corrected chi connectivity index (χ1v) is 8.93. The molecule has 2 aromatic rings. The molecule has 112 valence electrons. The maximum atomic E-state index is 5.97. The van der Waals surface area contributed by atoms with Gasteiger partial charge in [-0.2, -0.15) is 0 Å².